The van der Waals surface area contributed by atoms with E-state index in [0.717, 1.165) is 39.5 Å². The second-order valence-corrected chi connectivity index (χ2v) is 9.16. The molecule has 5 rings (SSSR count). The van der Waals surface area contributed by atoms with Gasteiger partial charge < -0.3 is 4.74 Å². The Kier molecular flexibility index (Phi) is 6.03. The van der Waals surface area contributed by atoms with E-state index < -0.39 is 0 Å². The normalized spacial score (nSPS) is 15.3. The number of carbonyl (C=O) groups excluding carboxylic acids is 1. The van der Waals surface area contributed by atoms with E-state index in [1.807, 2.05) is 75.4 Å². The molecule has 0 unspecified atom stereocenters. The molecule has 1 aliphatic heterocycles. The number of fused-ring (bicyclic) bond motifs is 1. The number of aryl methyl sites for hydroxylation is 3. The van der Waals surface area contributed by atoms with E-state index in [4.69, 9.17) is 21.4 Å². The van der Waals surface area contributed by atoms with E-state index in [2.05, 4.69) is 9.97 Å². The van der Waals surface area contributed by atoms with Crippen molar-refractivity contribution in [2.24, 2.45) is 0 Å². The van der Waals surface area contributed by atoms with Crippen LogP contribution in [-0.4, -0.2) is 32.8 Å². The molecule has 0 spiro atoms. The molecule has 2 aromatic heterocycles. The highest BCUT2D eigenvalue weighted by Gasteiger charge is 2.39. The maximum atomic E-state index is 13.7. The zero-order chi connectivity index (χ0) is 24.7. The number of para-hydroxylation sites is 1. The van der Waals surface area contributed by atoms with Crippen LogP contribution in [0.3, 0.4) is 0 Å². The van der Waals surface area contributed by atoms with Crippen molar-refractivity contribution >= 4 is 23.3 Å². The highest BCUT2D eigenvalue weighted by molar-refractivity contribution is 6.31. The van der Waals surface area contributed by atoms with Gasteiger partial charge in [-0.3, -0.25) is 9.69 Å². The average Bonchev–Trinajstić information content (AvgIpc) is 3.18. The third kappa shape index (κ3) is 4.17. The number of benzene rings is 2. The molecule has 1 atom stereocenters. The van der Waals surface area contributed by atoms with Gasteiger partial charge in [-0.15, -0.1) is 0 Å². The lowest BCUT2D eigenvalue weighted by Gasteiger charge is -2.33. The second kappa shape index (κ2) is 9.15. The van der Waals surface area contributed by atoms with E-state index in [9.17, 15) is 4.79 Å². The minimum Gasteiger partial charge on any atom is -0.496 e. The Labute approximate surface area is 209 Å². The predicted molar refractivity (Wildman–Crippen MR) is 135 cm³/mol. The van der Waals surface area contributed by atoms with E-state index in [1.54, 1.807) is 16.7 Å². The van der Waals surface area contributed by atoms with E-state index in [1.165, 1.54) is 0 Å². The quantitative estimate of drug-likeness (QED) is 0.381. The summed E-state index contributed by atoms with van der Waals surface area (Å²) >= 11 is 6.48. The van der Waals surface area contributed by atoms with Crippen molar-refractivity contribution in [2.75, 3.05) is 12.0 Å². The Bertz CT molecular complexity index is 1410. The third-order valence-electron chi connectivity index (χ3n) is 6.33. The van der Waals surface area contributed by atoms with Crippen LogP contribution in [-0.2, 0) is 11.3 Å². The summed E-state index contributed by atoms with van der Waals surface area (Å²) in [5, 5.41) is 5.46. The lowest BCUT2D eigenvalue weighted by atomic mass is 9.84. The number of carbonyl (C=O) groups is 1. The lowest BCUT2D eigenvalue weighted by molar-refractivity contribution is -0.119. The van der Waals surface area contributed by atoms with Gasteiger partial charge in [0.05, 0.1) is 19.3 Å². The number of hydrogen-bond donors (Lipinski definition) is 0. The van der Waals surface area contributed by atoms with Gasteiger partial charge in [-0.1, -0.05) is 48.0 Å². The molecule has 0 N–H and O–H groups in total. The molecular weight excluding hydrogens is 462 g/mol. The maximum Gasteiger partial charge on any atom is 0.252 e. The topological polar surface area (TPSA) is 73.1 Å². The van der Waals surface area contributed by atoms with Crippen molar-refractivity contribution in [3.8, 4) is 11.7 Å². The Morgan fingerprint density at radius 1 is 1.03 bits per heavy atom. The molecule has 0 fully saturated rings. The second-order valence-electron chi connectivity index (χ2n) is 8.76. The number of amides is 1. The molecule has 1 amide bonds. The van der Waals surface area contributed by atoms with Gasteiger partial charge in [0.1, 0.15) is 11.6 Å². The molecule has 1 aliphatic rings. The first-order valence-corrected chi connectivity index (χ1v) is 11.8. The molecule has 0 bridgehead atoms. The molecule has 2 aromatic carbocycles. The maximum absolute atomic E-state index is 13.7. The van der Waals surface area contributed by atoms with Gasteiger partial charge in [0.2, 0.25) is 5.91 Å². The summed E-state index contributed by atoms with van der Waals surface area (Å²) in [5.41, 5.74) is 5.24. The zero-order valence-corrected chi connectivity index (χ0v) is 20.9. The molecule has 3 heterocycles. The zero-order valence-electron chi connectivity index (χ0n) is 20.1. The smallest absolute Gasteiger partial charge is 0.252 e. The fraction of sp³-hybridized carbons (Fsp3) is 0.259. The number of methoxy groups -OCH3 is 1. The summed E-state index contributed by atoms with van der Waals surface area (Å²) in [6.07, 6.45) is 0.290. The molecular formula is C27H26ClN5O2. The number of nitrogens with zero attached hydrogens (tertiary/aromatic N) is 5. The monoisotopic (exact) mass is 487 g/mol. The van der Waals surface area contributed by atoms with E-state index in [-0.39, 0.29) is 18.2 Å². The van der Waals surface area contributed by atoms with Crippen LogP contribution in [0.1, 0.15) is 46.1 Å². The highest BCUT2D eigenvalue weighted by Crippen LogP contribution is 2.45. The van der Waals surface area contributed by atoms with Gasteiger partial charge in [-0.2, -0.15) is 9.78 Å². The van der Waals surface area contributed by atoms with Crippen LogP contribution < -0.4 is 9.64 Å². The number of ether oxygens (including phenoxy) is 1. The van der Waals surface area contributed by atoms with Gasteiger partial charge in [0.15, 0.2) is 0 Å². The Balaban J connectivity index is 1.74. The Morgan fingerprint density at radius 3 is 2.43 bits per heavy atom. The molecule has 7 nitrogen and oxygen atoms in total. The van der Waals surface area contributed by atoms with Gasteiger partial charge in [0, 0.05) is 39.9 Å². The third-order valence-corrected chi connectivity index (χ3v) is 6.69. The molecule has 178 valence electrons. The number of rotatable bonds is 5. The van der Waals surface area contributed by atoms with Gasteiger partial charge >= 0.3 is 0 Å². The van der Waals surface area contributed by atoms with E-state index >= 15 is 0 Å². The number of aromatic nitrogens is 4. The summed E-state index contributed by atoms with van der Waals surface area (Å²) in [7, 11) is 1.65. The van der Waals surface area contributed by atoms with Gasteiger partial charge in [-0.05, 0) is 44.5 Å². The molecule has 35 heavy (non-hydrogen) atoms. The number of anilines is 1. The van der Waals surface area contributed by atoms with Crippen LogP contribution in [0.15, 0.2) is 54.6 Å². The standard InChI is InChI=1S/C27H26ClN5O2/c1-16-13-17(2)30-27(29-16)33-26-25(18(3)31-33)21(20-10-6-8-12-23(20)35-4)14-24(34)32(26)15-19-9-5-7-11-22(19)28/h5-13,21H,14-15H2,1-4H3/t21-/m1/s1. The molecule has 0 aliphatic carbocycles. The van der Waals surface area contributed by atoms with Crippen molar-refractivity contribution in [3.63, 3.8) is 0 Å². The van der Waals surface area contributed by atoms with Crippen LogP contribution in [0.2, 0.25) is 5.02 Å². The first-order chi connectivity index (χ1) is 16.9. The molecule has 0 saturated carbocycles. The van der Waals surface area contributed by atoms with Crippen LogP contribution in [0, 0.1) is 20.8 Å². The fourth-order valence-electron chi connectivity index (χ4n) is 4.82. The van der Waals surface area contributed by atoms with E-state index in [0.29, 0.717) is 23.3 Å². The summed E-state index contributed by atoms with van der Waals surface area (Å²) in [5.74, 6) is 1.60. The molecule has 4 aromatic rings. The summed E-state index contributed by atoms with van der Waals surface area (Å²) < 4.78 is 7.35. The minimum atomic E-state index is -0.212. The van der Waals surface area contributed by atoms with Gasteiger partial charge in [0.25, 0.3) is 5.95 Å². The minimum absolute atomic E-state index is 0.0288. The summed E-state index contributed by atoms with van der Waals surface area (Å²) in [6.45, 7) is 6.13. The fourth-order valence-corrected chi connectivity index (χ4v) is 5.02. The van der Waals surface area contributed by atoms with Crippen molar-refractivity contribution in [3.05, 3.63) is 93.4 Å². The first-order valence-electron chi connectivity index (χ1n) is 11.5. The lowest BCUT2D eigenvalue weighted by Crippen LogP contribution is -2.38. The van der Waals surface area contributed by atoms with Crippen LogP contribution in [0.25, 0.3) is 5.95 Å². The summed E-state index contributed by atoms with van der Waals surface area (Å²) in [6, 6.07) is 17.3. The highest BCUT2D eigenvalue weighted by atomic mass is 35.5. The van der Waals surface area contributed by atoms with Crippen LogP contribution in [0.5, 0.6) is 5.75 Å². The van der Waals surface area contributed by atoms with Crippen molar-refractivity contribution < 1.29 is 9.53 Å². The SMILES string of the molecule is COc1ccccc1[C@H]1CC(=O)N(Cc2ccccc2Cl)c2c1c(C)nn2-c1nc(C)cc(C)n1. The van der Waals surface area contributed by atoms with Crippen molar-refractivity contribution in [1.82, 2.24) is 19.7 Å². The van der Waals surface area contributed by atoms with Crippen LogP contribution in [0.4, 0.5) is 5.82 Å². The number of hydrogen-bond acceptors (Lipinski definition) is 5. The Hall–Kier alpha value is -3.71. The largest absolute Gasteiger partial charge is 0.496 e. The average molecular weight is 488 g/mol. The Morgan fingerprint density at radius 2 is 1.71 bits per heavy atom. The van der Waals surface area contributed by atoms with Crippen molar-refractivity contribution in [2.45, 2.75) is 39.7 Å². The molecule has 0 saturated heterocycles. The predicted octanol–water partition coefficient (Wildman–Crippen LogP) is 5.32. The van der Waals surface area contributed by atoms with Gasteiger partial charge in [-0.25, -0.2) is 9.97 Å². The van der Waals surface area contributed by atoms with Crippen molar-refractivity contribution in [1.29, 1.82) is 0 Å². The molecule has 0 radical (unpaired) electrons. The first kappa shape index (κ1) is 23.1. The molecule has 8 heteroatoms. The number of halogens is 1. The van der Waals surface area contributed by atoms with Crippen LogP contribution >= 0.6 is 11.6 Å². The summed E-state index contributed by atoms with van der Waals surface area (Å²) in [4.78, 5) is 24.8.